The van der Waals surface area contributed by atoms with Crippen molar-refractivity contribution in [2.45, 2.75) is 19.8 Å². The maximum Gasteiger partial charge on any atom is 0.255 e. The third kappa shape index (κ3) is 4.85. The minimum absolute atomic E-state index is 0.00409. The van der Waals surface area contributed by atoms with Crippen LogP contribution < -0.4 is 4.90 Å². The number of hydrogen-bond donors (Lipinski definition) is 0. The zero-order valence-corrected chi connectivity index (χ0v) is 18.8. The number of aromatic nitrogens is 3. The van der Waals surface area contributed by atoms with Crippen LogP contribution in [0.4, 0.5) is 5.82 Å². The molecule has 0 N–H and O–H groups in total. The molecule has 160 valence electrons. The number of anilines is 1. The third-order valence-corrected chi connectivity index (χ3v) is 6.10. The Kier molecular flexibility index (Phi) is 6.18. The minimum Gasteiger partial charge on any atom is -0.359 e. The summed E-state index contributed by atoms with van der Waals surface area (Å²) < 4.78 is 0. The van der Waals surface area contributed by atoms with Gasteiger partial charge in [0.1, 0.15) is 5.82 Å². The van der Waals surface area contributed by atoms with E-state index < -0.39 is 0 Å². The van der Waals surface area contributed by atoms with Crippen molar-refractivity contribution < 1.29 is 4.79 Å². The molecule has 0 bridgehead atoms. The summed E-state index contributed by atoms with van der Waals surface area (Å²) in [6, 6.07) is 13.9. The highest BCUT2D eigenvalue weighted by Gasteiger charge is 2.37. The van der Waals surface area contributed by atoms with Crippen molar-refractivity contribution in [3.05, 3.63) is 82.3 Å². The summed E-state index contributed by atoms with van der Waals surface area (Å²) in [5.74, 6) is 1.40. The molecular formula is C24H26ClN5O. The third-order valence-electron chi connectivity index (χ3n) is 5.85. The van der Waals surface area contributed by atoms with Gasteiger partial charge in [0, 0.05) is 49.7 Å². The molecule has 1 aliphatic heterocycles. The molecule has 2 aromatic heterocycles. The number of pyridine rings is 1. The summed E-state index contributed by atoms with van der Waals surface area (Å²) in [7, 11) is 2.05. The lowest BCUT2D eigenvalue weighted by atomic mass is 9.88. The fraction of sp³-hybridized carbons (Fsp3) is 0.333. The molecule has 7 heteroatoms. The van der Waals surface area contributed by atoms with Crippen LogP contribution in [0, 0.1) is 19.8 Å². The zero-order chi connectivity index (χ0) is 22.0. The second-order valence-electron chi connectivity index (χ2n) is 8.29. The molecule has 1 amide bonds. The predicted octanol–water partition coefficient (Wildman–Crippen LogP) is 4.13. The van der Waals surface area contributed by atoms with Crippen LogP contribution in [0.25, 0.3) is 0 Å². The largest absolute Gasteiger partial charge is 0.359 e. The van der Waals surface area contributed by atoms with Gasteiger partial charge in [0.2, 0.25) is 0 Å². The molecule has 3 aromatic rings. The second-order valence-corrected chi connectivity index (χ2v) is 8.72. The number of nitrogens with zero attached hydrogens (tertiary/aromatic N) is 5. The molecule has 3 heterocycles. The molecule has 0 spiro atoms. The fourth-order valence-corrected chi connectivity index (χ4v) is 4.34. The van der Waals surface area contributed by atoms with E-state index in [0.29, 0.717) is 23.7 Å². The zero-order valence-electron chi connectivity index (χ0n) is 18.0. The first-order chi connectivity index (χ1) is 14.9. The first kappa shape index (κ1) is 21.2. The normalized spacial score (nSPS) is 18.3. The molecule has 1 fully saturated rings. The van der Waals surface area contributed by atoms with Gasteiger partial charge in [-0.05, 0) is 49.2 Å². The average molecular weight is 436 g/mol. The van der Waals surface area contributed by atoms with Crippen LogP contribution in [0.15, 0.2) is 54.9 Å². The summed E-state index contributed by atoms with van der Waals surface area (Å²) in [5, 5.41) is 8.63. The fourth-order valence-electron chi connectivity index (χ4n) is 4.21. The van der Waals surface area contributed by atoms with Gasteiger partial charge in [-0.3, -0.25) is 4.79 Å². The lowest BCUT2D eigenvalue weighted by Crippen LogP contribution is -2.32. The highest BCUT2D eigenvalue weighted by atomic mass is 35.5. The van der Waals surface area contributed by atoms with Crippen LogP contribution >= 0.6 is 11.6 Å². The van der Waals surface area contributed by atoms with Crippen molar-refractivity contribution in [1.29, 1.82) is 0 Å². The van der Waals surface area contributed by atoms with Crippen molar-refractivity contribution in [3.63, 3.8) is 0 Å². The van der Waals surface area contributed by atoms with E-state index in [1.165, 1.54) is 5.56 Å². The Morgan fingerprint density at radius 3 is 2.58 bits per heavy atom. The molecule has 0 aliphatic carbocycles. The Morgan fingerprint density at radius 2 is 1.90 bits per heavy atom. The quantitative estimate of drug-likeness (QED) is 0.602. The van der Waals surface area contributed by atoms with E-state index in [1.807, 2.05) is 43.1 Å². The molecule has 0 unspecified atom stereocenters. The molecule has 31 heavy (non-hydrogen) atoms. The number of rotatable bonds is 5. The van der Waals surface area contributed by atoms with E-state index in [9.17, 15) is 4.79 Å². The SMILES string of the molecule is Cc1ccc(N(C)C[C@H]2CN(C(=O)c3cnnc(C)c3)C[C@@H]2c2ccc(Cl)cc2)nc1. The average Bonchev–Trinajstić information content (AvgIpc) is 3.18. The minimum atomic E-state index is -0.00409. The summed E-state index contributed by atoms with van der Waals surface area (Å²) in [4.78, 5) is 21.8. The molecule has 1 saturated heterocycles. The maximum atomic E-state index is 13.2. The molecular weight excluding hydrogens is 410 g/mol. The van der Waals surface area contributed by atoms with Crippen LogP contribution in [-0.4, -0.2) is 52.7 Å². The predicted molar refractivity (Wildman–Crippen MR) is 123 cm³/mol. The van der Waals surface area contributed by atoms with E-state index in [4.69, 9.17) is 11.6 Å². The van der Waals surface area contributed by atoms with Gasteiger partial charge in [-0.15, -0.1) is 0 Å². The van der Waals surface area contributed by atoms with E-state index in [-0.39, 0.29) is 17.7 Å². The van der Waals surface area contributed by atoms with Crippen molar-refractivity contribution in [1.82, 2.24) is 20.1 Å². The summed E-state index contributed by atoms with van der Waals surface area (Å²) >= 11 is 6.11. The monoisotopic (exact) mass is 435 g/mol. The van der Waals surface area contributed by atoms with Gasteiger partial charge >= 0.3 is 0 Å². The number of benzene rings is 1. The van der Waals surface area contributed by atoms with Gasteiger partial charge < -0.3 is 9.80 Å². The standard InChI is InChI=1S/C24H26ClN5O/c1-16-4-9-23(26-11-16)29(3)13-20-14-30(24(31)19-10-17(2)28-27-12-19)15-22(20)18-5-7-21(25)8-6-18/h4-12,20,22H,13-15H2,1-3H3/t20-,22+/m0/s1. The van der Waals surface area contributed by atoms with Gasteiger partial charge in [0.05, 0.1) is 17.5 Å². The van der Waals surface area contributed by atoms with Crippen LogP contribution in [0.5, 0.6) is 0 Å². The molecule has 4 rings (SSSR count). The number of carbonyl (C=O) groups excluding carboxylic acids is 1. The highest BCUT2D eigenvalue weighted by molar-refractivity contribution is 6.30. The van der Waals surface area contributed by atoms with Gasteiger partial charge in [-0.1, -0.05) is 29.8 Å². The summed E-state index contributed by atoms with van der Waals surface area (Å²) in [6.45, 7) is 5.99. The molecule has 1 aromatic carbocycles. The Labute approximate surface area is 187 Å². The Balaban J connectivity index is 1.58. The van der Waals surface area contributed by atoms with Crippen molar-refractivity contribution >= 4 is 23.3 Å². The Hall–Kier alpha value is -2.99. The van der Waals surface area contributed by atoms with E-state index in [2.05, 4.69) is 45.3 Å². The highest BCUT2D eigenvalue weighted by Crippen LogP contribution is 2.35. The lowest BCUT2D eigenvalue weighted by Gasteiger charge is -2.26. The van der Waals surface area contributed by atoms with Gasteiger partial charge in [0.25, 0.3) is 5.91 Å². The topological polar surface area (TPSA) is 62.2 Å². The van der Waals surface area contributed by atoms with E-state index in [0.717, 1.165) is 23.6 Å². The van der Waals surface area contributed by atoms with Crippen molar-refractivity contribution in [2.24, 2.45) is 5.92 Å². The van der Waals surface area contributed by atoms with Crippen LogP contribution in [0.3, 0.4) is 0 Å². The van der Waals surface area contributed by atoms with Crippen LogP contribution in [-0.2, 0) is 0 Å². The lowest BCUT2D eigenvalue weighted by molar-refractivity contribution is 0.0785. The van der Waals surface area contributed by atoms with Gasteiger partial charge in [-0.2, -0.15) is 10.2 Å². The molecule has 0 radical (unpaired) electrons. The number of halogens is 1. The van der Waals surface area contributed by atoms with Crippen LogP contribution in [0.1, 0.15) is 33.1 Å². The van der Waals surface area contributed by atoms with Crippen molar-refractivity contribution in [2.75, 3.05) is 31.6 Å². The Bertz CT molecular complexity index is 1050. The molecule has 0 saturated carbocycles. The first-order valence-electron chi connectivity index (χ1n) is 10.4. The number of hydrogen-bond acceptors (Lipinski definition) is 5. The number of amides is 1. The van der Waals surface area contributed by atoms with Gasteiger partial charge in [-0.25, -0.2) is 4.98 Å². The summed E-state index contributed by atoms with van der Waals surface area (Å²) in [5.41, 5.74) is 3.65. The molecule has 1 aliphatic rings. The first-order valence-corrected chi connectivity index (χ1v) is 10.8. The number of likely N-dealkylation sites (tertiary alicyclic amines) is 1. The van der Waals surface area contributed by atoms with Crippen molar-refractivity contribution in [3.8, 4) is 0 Å². The second kappa shape index (κ2) is 9.02. The molecule has 6 nitrogen and oxygen atoms in total. The maximum absolute atomic E-state index is 13.2. The summed E-state index contributed by atoms with van der Waals surface area (Å²) in [6.07, 6.45) is 3.42. The smallest absolute Gasteiger partial charge is 0.255 e. The number of aryl methyl sites for hydroxylation is 2. The van der Waals surface area contributed by atoms with E-state index >= 15 is 0 Å². The molecule has 2 atom stereocenters. The van der Waals surface area contributed by atoms with Gasteiger partial charge in [0.15, 0.2) is 0 Å². The van der Waals surface area contributed by atoms with E-state index in [1.54, 1.807) is 12.3 Å². The number of carbonyl (C=O) groups is 1. The Morgan fingerprint density at radius 1 is 1.13 bits per heavy atom. The van der Waals surface area contributed by atoms with Crippen LogP contribution in [0.2, 0.25) is 5.02 Å².